The lowest BCUT2D eigenvalue weighted by molar-refractivity contribution is -0.126. The highest BCUT2D eigenvalue weighted by atomic mass is 35.6. The third-order valence-corrected chi connectivity index (χ3v) is 5.01. The number of pyridine rings is 1. The normalized spacial score (nSPS) is 16.6. The van der Waals surface area contributed by atoms with Gasteiger partial charge in [0.2, 0.25) is 9.70 Å². The average molecular weight is 419 g/mol. The van der Waals surface area contributed by atoms with Crippen molar-refractivity contribution >= 4 is 46.6 Å². The molecule has 1 aliphatic carbocycles. The molecule has 8 heteroatoms. The highest BCUT2D eigenvalue weighted by molar-refractivity contribution is 6.69. The summed E-state index contributed by atoms with van der Waals surface area (Å²) in [5.74, 6) is -0.859. The molecule has 2 rings (SSSR count). The Bertz CT molecular complexity index is 628. The zero-order chi connectivity index (χ0) is 19.2. The first-order valence-corrected chi connectivity index (χ1v) is 9.67. The molecule has 2 amide bonds. The molecule has 1 aliphatic rings. The Morgan fingerprint density at radius 3 is 2.42 bits per heavy atom. The summed E-state index contributed by atoms with van der Waals surface area (Å²) in [5.41, 5.74) is 0.404. The third kappa shape index (κ3) is 5.35. The van der Waals surface area contributed by atoms with E-state index < -0.39 is 15.7 Å². The number of carbonyl (C=O) groups is 2. The molecule has 0 saturated heterocycles. The zero-order valence-corrected chi connectivity index (χ0v) is 16.6. The van der Waals surface area contributed by atoms with Crippen LogP contribution in [0.25, 0.3) is 0 Å². The van der Waals surface area contributed by atoms with Crippen LogP contribution < -0.4 is 5.32 Å². The van der Waals surface area contributed by atoms with Crippen molar-refractivity contribution in [2.24, 2.45) is 0 Å². The topological polar surface area (TPSA) is 62.3 Å². The van der Waals surface area contributed by atoms with Crippen LogP contribution in [0.1, 0.15) is 42.5 Å². The molecule has 1 aromatic rings. The maximum absolute atomic E-state index is 13.2. The van der Waals surface area contributed by atoms with Gasteiger partial charge in [-0.25, -0.2) is 0 Å². The van der Waals surface area contributed by atoms with Crippen molar-refractivity contribution in [3.05, 3.63) is 42.7 Å². The third-order valence-electron chi connectivity index (χ3n) is 4.39. The van der Waals surface area contributed by atoms with Gasteiger partial charge in [0.1, 0.15) is 0 Å². The van der Waals surface area contributed by atoms with Crippen LogP contribution in [0.5, 0.6) is 0 Å². The van der Waals surface area contributed by atoms with Crippen molar-refractivity contribution in [1.82, 2.24) is 15.2 Å². The monoisotopic (exact) mass is 417 g/mol. The van der Waals surface area contributed by atoms with E-state index in [9.17, 15) is 9.59 Å². The van der Waals surface area contributed by atoms with Gasteiger partial charge >= 0.3 is 0 Å². The van der Waals surface area contributed by atoms with Crippen LogP contribution in [0.2, 0.25) is 0 Å². The van der Waals surface area contributed by atoms with E-state index >= 15 is 0 Å². The molecule has 0 radical (unpaired) electrons. The second-order valence-electron chi connectivity index (χ2n) is 6.22. The summed E-state index contributed by atoms with van der Waals surface area (Å²) in [7, 11) is 0. The van der Waals surface area contributed by atoms with Crippen molar-refractivity contribution in [3.8, 4) is 0 Å². The van der Waals surface area contributed by atoms with Crippen LogP contribution in [0.15, 0.2) is 37.2 Å². The van der Waals surface area contributed by atoms with Crippen molar-refractivity contribution in [2.45, 2.75) is 48.0 Å². The first kappa shape index (κ1) is 21.0. The van der Waals surface area contributed by atoms with Crippen molar-refractivity contribution in [2.75, 3.05) is 6.54 Å². The largest absolute Gasteiger partial charge is 0.351 e. The number of rotatable bonds is 6. The summed E-state index contributed by atoms with van der Waals surface area (Å²) < 4.78 is -1.97. The quantitative estimate of drug-likeness (QED) is 0.563. The standard InChI is InChI=1S/C18H22Cl3N3O2/c1-2-10-23-16(25)15(18(19,20)21)24(14-6-4-3-5-7-14)17(26)13-8-11-22-12-9-13/h2,8-9,11-12,14-15H,1,3-7,10H2,(H,23,25). The van der Waals surface area contributed by atoms with Gasteiger partial charge in [-0.15, -0.1) is 6.58 Å². The molecule has 1 unspecified atom stereocenters. The Kier molecular flexibility index (Phi) is 7.74. The lowest BCUT2D eigenvalue weighted by atomic mass is 9.92. The van der Waals surface area contributed by atoms with Gasteiger partial charge in [0, 0.05) is 30.5 Å². The maximum Gasteiger partial charge on any atom is 0.255 e. The van der Waals surface area contributed by atoms with Crippen LogP contribution in [0, 0.1) is 0 Å². The summed E-state index contributed by atoms with van der Waals surface area (Å²) in [6, 6.07) is 1.78. The Hall–Kier alpha value is -1.30. The molecule has 1 heterocycles. The van der Waals surface area contributed by atoms with Gasteiger partial charge in [-0.3, -0.25) is 14.6 Å². The number of nitrogens with one attached hydrogen (secondary N) is 1. The molecule has 0 bridgehead atoms. The number of alkyl halides is 3. The first-order chi connectivity index (χ1) is 12.4. The molecule has 1 N–H and O–H groups in total. The molecule has 0 aliphatic heterocycles. The number of aromatic nitrogens is 1. The summed E-state index contributed by atoms with van der Waals surface area (Å²) in [4.78, 5) is 31.4. The highest BCUT2D eigenvalue weighted by Crippen LogP contribution is 2.37. The van der Waals surface area contributed by atoms with E-state index in [2.05, 4.69) is 16.9 Å². The second-order valence-corrected chi connectivity index (χ2v) is 8.59. The van der Waals surface area contributed by atoms with Crippen molar-refractivity contribution < 1.29 is 9.59 Å². The highest BCUT2D eigenvalue weighted by Gasteiger charge is 2.47. The molecule has 1 atom stereocenters. The Morgan fingerprint density at radius 1 is 1.27 bits per heavy atom. The fraction of sp³-hybridized carbons (Fsp3) is 0.500. The minimum absolute atomic E-state index is 0.167. The van der Waals surface area contributed by atoms with Gasteiger partial charge in [0.15, 0.2) is 6.04 Å². The molecule has 1 aromatic heterocycles. The lowest BCUT2D eigenvalue weighted by Crippen LogP contribution is -2.59. The smallest absolute Gasteiger partial charge is 0.255 e. The minimum atomic E-state index is -1.97. The van der Waals surface area contributed by atoms with Gasteiger partial charge in [-0.1, -0.05) is 60.1 Å². The zero-order valence-electron chi connectivity index (χ0n) is 14.3. The molecule has 0 aromatic carbocycles. The number of hydrogen-bond acceptors (Lipinski definition) is 3. The average Bonchev–Trinajstić information content (AvgIpc) is 2.64. The van der Waals surface area contributed by atoms with E-state index in [1.807, 2.05) is 0 Å². The fourth-order valence-corrected chi connectivity index (χ4v) is 3.81. The molecule has 26 heavy (non-hydrogen) atoms. The molecule has 142 valence electrons. The van der Waals surface area contributed by atoms with E-state index in [1.54, 1.807) is 12.1 Å². The molecule has 1 fully saturated rings. The summed E-state index contributed by atoms with van der Waals surface area (Å²) in [5, 5.41) is 2.65. The fourth-order valence-electron chi connectivity index (χ4n) is 3.20. The molecule has 0 spiro atoms. The van der Waals surface area contributed by atoms with Gasteiger partial charge in [0.25, 0.3) is 5.91 Å². The predicted molar refractivity (Wildman–Crippen MR) is 105 cm³/mol. The second kappa shape index (κ2) is 9.58. The molecule has 1 saturated carbocycles. The van der Waals surface area contributed by atoms with Crippen LogP contribution in [0.3, 0.4) is 0 Å². The SMILES string of the molecule is C=CCNC(=O)C(N(C(=O)c1ccncc1)C1CCCCC1)C(Cl)(Cl)Cl. The number of nitrogens with zero attached hydrogens (tertiary/aromatic N) is 2. The Morgan fingerprint density at radius 2 is 1.88 bits per heavy atom. The lowest BCUT2D eigenvalue weighted by Gasteiger charge is -2.41. The Balaban J connectivity index is 2.42. The van der Waals surface area contributed by atoms with Crippen LogP contribution in [-0.4, -0.2) is 44.1 Å². The number of amides is 2. The maximum atomic E-state index is 13.2. The Labute approximate surface area is 168 Å². The van der Waals surface area contributed by atoms with Gasteiger partial charge in [0.05, 0.1) is 0 Å². The number of hydrogen-bond donors (Lipinski definition) is 1. The summed E-state index contributed by atoms with van der Waals surface area (Å²) in [6.07, 6.45) is 9.13. The van der Waals surface area contributed by atoms with E-state index in [0.717, 1.165) is 32.1 Å². The molecular weight excluding hydrogens is 397 g/mol. The number of carbonyl (C=O) groups excluding carboxylic acids is 2. The minimum Gasteiger partial charge on any atom is -0.351 e. The van der Waals surface area contributed by atoms with E-state index in [-0.39, 0.29) is 18.5 Å². The molecule has 5 nitrogen and oxygen atoms in total. The van der Waals surface area contributed by atoms with E-state index in [1.165, 1.54) is 23.4 Å². The predicted octanol–water partition coefficient (Wildman–Crippen LogP) is 3.90. The summed E-state index contributed by atoms with van der Waals surface area (Å²) in [6.45, 7) is 3.79. The van der Waals surface area contributed by atoms with Gasteiger partial charge in [-0.05, 0) is 25.0 Å². The first-order valence-electron chi connectivity index (χ1n) is 8.54. The van der Waals surface area contributed by atoms with Crippen LogP contribution >= 0.6 is 34.8 Å². The van der Waals surface area contributed by atoms with Crippen molar-refractivity contribution in [1.29, 1.82) is 0 Å². The van der Waals surface area contributed by atoms with Crippen LogP contribution in [-0.2, 0) is 4.79 Å². The van der Waals surface area contributed by atoms with Crippen molar-refractivity contribution in [3.63, 3.8) is 0 Å². The molecular formula is C18H22Cl3N3O2. The van der Waals surface area contributed by atoms with Gasteiger partial charge in [-0.2, -0.15) is 0 Å². The number of halogens is 3. The van der Waals surface area contributed by atoms with Crippen LogP contribution in [0.4, 0.5) is 0 Å². The van der Waals surface area contributed by atoms with Gasteiger partial charge < -0.3 is 10.2 Å². The summed E-state index contributed by atoms with van der Waals surface area (Å²) >= 11 is 18.5. The van der Waals surface area contributed by atoms with E-state index in [4.69, 9.17) is 34.8 Å². The van der Waals surface area contributed by atoms with E-state index in [0.29, 0.717) is 5.56 Å².